The summed E-state index contributed by atoms with van der Waals surface area (Å²) in [5.74, 6) is 0. The molecule has 1 aliphatic rings. The molecule has 0 spiro atoms. The number of aryl methyl sites for hydroxylation is 2. The maximum Gasteiger partial charge on any atom is 0.0369 e. The van der Waals surface area contributed by atoms with E-state index in [1.54, 1.807) is 0 Å². The molecule has 2 aromatic carbocycles. The number of rotatable bonds is 6. The first-order chi connectivity index (χ1) is 11.7. The van der Waals surface area contributed by atoms with Crippen molar-refractivity contribution < 1.29 is 0 Å². The van der Waals surface area contributed by atoms with E-state index in [1.165, 1.54) is 33.6 Å². The van der Waals surface area contributed by atoms with Gasteiger partial charge in [0, 0.05) is 37.6 Å². The van der Waals surface area contributed by atoms with Crippen LogP contribution in [0.25, 0.3) is 11.1 Å². The van der Waals surface area contributed by atoms with Gasteiger partial charge in [0.15, 0.2) is 0 Å². The molecule has 0 radical (unpaired) electrons. The van der Waals surface area contributed by atoms with Gasteiger partial charge < -0.3 is 9.80 Å². The standard InChI is InChI=1S/C22H30N2/c1-5-23(6-2)19-11-13-21-17(15-19)9-10-18-16-20(12-14-22(18)21)24(7-3)8-4/h11-16H,5-10H2,1-4H3. The van der Waals surface area contributed by atoms with Crippen LogP contribution in [0.15, 0.2) is 36.4 Å². The van der Waals surface area contributed by atoms with E-state index in [4.69, 9.17) is 0 Å². The third-order valence-electron chi connectivity index (χ3n) is 5.39. The highest BCUT2D eigenvalue weighted by atomic mass is 15.1. The van der Waals surface area contributed by atoms with E-state index in [-0.39, 0.29) is 0 Å². The lowest BCUT2D eigenvalue weighted by molar-refractivity contribution is 0.856. The van der Waals surface area contributed by atoms with Gasteiger partial charge in [-0.25, -0.2) is 0 Å². The van der Waals surface area contributed by atoms with Gasteiger partial charge in [-0.05, 0) is 87.1 Å². The quantitative estimate of drug-likeness (QED) is 0.726. The van der Waals surface area contributed by atoms with E-state index >= 15 is 0 Å². The topological polar surface area (TPSA) is 6.48 Å². The zero-order valence-electron chi connectivity index (χ0n) is 15.6. The lowest BCUT2D eigenvalue weighted by Crippen LogP contribution is -2.22. The van der Waals surface area contributed by atoms with Crippen LogP contribution in [0.5, 0.6) is 0 Å². The van der Waals surface area contributed by atoms with Crippen molar-refractivity contribution in [3.63, 3.8) is 0 Å². The molecule has 0 bridgehead atoms. The predicted molar refractivity (Wildman–Crippen MR) is 106 cm³/mol. The Morgan fingerprint density at radius 3 is 1.33 bits per heavy atom. The minimum absolute atomic E-state index is 1.07. The van der Waals surface area contributed by atoms with Gasteiger partial charge in [-0.2, -0.15) is 0 Å². The molecular weight excluding hydrogens is 292 g/mol. The first-order valence-electron chi connectivity index (χ1n) is 9.47. The van der Waals surface area contributed by atoms with Crippen LogP contribution in [0.1, 0.15) is 38.8 Å². The second-order valence-corrected chi connectivity index (χ2v) is 6.53. The lowest BCUT2D eigenvalue weighted by atomic mass is 9.85. The largest absolute Gasteiger partial charge is 0.372 e. The fourth-order valence-electron chi connectivity index (χ4n) is 3.94. The molecule has 3 rings (SSSR count). The highest BCUT2D eigenvalue weighted by Crippen LogP contribution is 2.37. The zero-order valence-corrected chi connectivity index (χ0v) is 15.6. The van der Waals surface area contributed by atoms with E-state index in [0.29, 0.717) is 0 Å². The summed E-state index contributed by atoms with van der Waals surface area (Å²) in [5, 5.41) is 0. The van der Waals surface area contributed by atoms with E-state index in [9.17, 15) is 0 Å². The van der Waals surface area contributed by atoms with Crippen LogP contribution in [-0.2, 0) is 12.8 Å². The van der Waals surface area contributed by atoms with Gasteiger partial charge in [0.25, 0.3) is 0 Å². The van der Waals surface area contributed by atoms with Crippen molar-refractivity contribution in [2.24, 2.45) is 0 Å². The molecule has 2 nitrogen and oxygen atoms in total. The van der Waals surface area contributed by atoms with Crippen LogP contribution in [0.4, 0.5) is 11.4 Å². The third kappa shape index (κ3) is 3.02. The number of benzene rings is 2. The Balaban J connectivity index is 1.97. The summed E-state index contributed by atoms with van der Waals surface area (Å²) in [7, 11) is 0. The minimum atomic E-state index is 1.07. The first kappa shape index (κ1) is 16.9. The molecule has 1 aliphatic carbocycles. The fraction of sp³-hybridized carbons (Fsp3) is 0.455. The molecule has 0 fully saturated rings. The average Bonchev–Trinajstić information content (AvgIpc) is 2.63. The van der Waals surface area contributed by atoms with Crippen molar-refractivity contribution in [2.45, 2.75) is 40.5 Å². The molecule has 2 heteroatoms. The molecule has 0 N–H and O–H groups in total. The zero-order chi connectivity index (χ0) is 17.1. The van der Waals surface area contributed by atoms with Gasteiger partial charge in [-0.15, -0.1) is 0 Å². The molecule has 24 heavy (non-hydrogen) atoms. The number of hydrogen-bond acceptors (Lipinski definition) is 2. The number of fused-ring (bicyclic) bond motifs is 3. The van der Waals surface area contributed by atoms with E-state index in [1.807, 2.05) is 0 Å². The van der Waals surface area contributed by atoms with Gasteiger partial charge >= 0.3 is 0 Å². The number of nitrogens with zero attached hydrogens (tertiary/aromatic N) is 2. The number of hydrogen-bond donors (Lipinski definition) is 0. The van der Waals surface area contributed by atoms with Crippen molar-refractivity contribution >= 4 is 11.4 Å². The lowest BCUT2D eigenvalue weighted by Gasteiger charge is -2.27. The Morgan fingerprint density at radius 2 is 1.00 bits per heavy atom. The molecule has 0 heterocycles. The molecule has 2 aromatic rings. The summed E-state index contributed by atoms with van der Waals surface area (Å²) in [6.07, 6.45) is 2.30. The van der Waals surface area contributed by atoms with Crippen LogP contribution < -0.4 is 9.80 Å². The van der Waals surface area contributed by atoms with Crippen molar-refractivity contribution in [3.8, 4) is 11.1 Å². The Bertz CT molecular complexity index is 636. The minimum Gasteiger partial charge on any atom is -0.372 e. The average molecular weight is 322 g/mol. The van der Waals surface area contributed by atoms with Crippen molar-refractivity contribution in [1.82, 2.24) is 0 Å². The Morgan fingerprint density at radius 1 is 0.625 bits per heavy atom. The van der Waals surface area contributed by atoms with E-state index in [2.05, 4.69) is 73.9 Å². The highest BCUT2D eigenvalue weighted by molar-refractivity contribution is 5.77. The molecule has 0 unspecified atom stereocenters. The second kappa shape index (κ2) is 7.29. The molecule has 0 saturated heterocycles. The summed E-state index contributed by atoms with van der Waals surface area (Å²) in [6.45, 7) is 13.2. The molecule has 0 saturated carbocycles. The Labute approximate surface area is 147 Å². The third-order valence-corrected chi connectivity index (χ3v) is 5.39. The van der Waals surface area contributed by atoms with E-state index in [0.717, 1.165) is 39.0 Å². The summed E-state index contributed by atoms with van der Waals surface area (Å²) < 4.78 is 0. The van der Waals surface area contributed by atoms with E-state index < -0.39 is 0 Å². The first-order valence-corrected chi connectivity index (χ1v) is 9.47. The summed E-state index contributed by atoms with van der Waals surface area (Å²) >= 11 is 0. The molecule has 0 aliphatic heterocycles. The van der Waals surface area contributed by atoms with Crippen LogP contribution in [0.2, 0.25) is 0 Å². The highest BCUT2D eigenvalue weighted by Gasteiger charge is 2.18. The Kier molecular flexibility index (Phi) is 5.13. The van der Waals surface area contributed by atoms with Gasteiger partial charge in [0.1, 0.15) is 0 Å². The van der Waals surface area contributed by atoms with Crippen LogP contribution in [0, 0.1) is 0 Å². The van der Waals surface area contributed by atoms with Crippen molar-refractivity contribution in [2.75, 3.05) is 36.0 Å². The smallest absolute Gasteiger partial charge is 0.0369 e. The maximum absolute atomic E-state index is 2.43. The van der Waals surface area contributed by atoms with Crippen LogP contribution in [-0.4, -0.2) is 26.2 Å². The maximum atomic E-state index is 2.43. The molecule has 0 amide bonds. The van der Waals surface area contributed by atoms with Gasteiger partial charge in [0.2, 0.25) is 0 Å². The summed E-state index contributed by atoms with van der Waals surface area (Å²) in [6, 6.07) is 14.1. The summed E-state index contributed by atoms with van der Waals surface area (Å²) in [5.41, 5.74) is 8.59. The number of anilines is 2. The molecule has 128 valence electrons. The van der Waals surface area contributed by atoms with Gasteiger partial charge in [0.05, 0.1) is 0 Å². The molecule has 0 atom stereocenters. The normalized spacial score (nSPS) is 12.5. The summed E-state index contributed by atoms with van der Waals surface area (Å²) in [4.78, 5) is 4.86. The van der Waals surface area contributed by atoms with Gasteiger partial charge in [-0.3, -0.25) is 0 Å². The predicted octanol–water partition coefficient (Wildman–Crippen LogP) is 5.14. The van der Waals surface area contributed by atoms with Crippen LogP contribution in [0.3, 0.4) is 0 Å². The SMILES string of the molecule is CCN(CC)c1ccc2c(c1)CCc1cc(N(CC)CC)ccc1-2. The monoisotopic (exact) mass is 322 g/mol. The van der Waals surface area contributed by atoms with Gasteiger partial charge in [-0.1, -0.05) is 12.1 Å². The fourth-order valence-corrected chi connectivity index (χ4v) is 3.94. The van der Waals surface area contributed by atoms with Crippen molar-refractivity contribution in [1.29, 1.82) is 0 Å². The van der Waals surface area contributed by atoms with Crippen molar-refractivity contribution in [3.05, 3.63) is 47.5 Å². The van der Waals surface area contributed by atoms with Crippen LogP contribution >= 0.6 is 0 Å². The second-order valence-electron chi connectivity index (χ2n) is 6.53. The molecule has 0 aromatic heterocycles. The molecular formula is C22H30N2. The Hall–Kier alpha value is -1.96.